The molecule has 1 atom stereocenters. The predicted molar refractivity (Wildman–Crippen MR) is 73.1 cm³/mol. The SMILES string of the molecule is Cc1ccc(C2Cc3ccccc3C2=O)cc1C. The third-order valence-electron chi connectivity index (χ3n) is 3.96. The van der Waals surface area contributed by atoms with Crippen molar-refractivity contribution in [3.8, 4) is 0 Å². The molecule has 0 heterocycles. The molecule has 0 fully saturated rings. The van der Waals surface area contributed by atoms with E-state index in [2.05, 4.69) is 38.1 Å². The summed E-state index contributed by atoms with van der Waals surface area (Å²) in [6.45, 7) is 4.20. The van der Waals surface area contributed by atoms with E-state index in [1.54, 1.807) is 0 Å². The molecule has 0 spiro atoms. The summed E-state index contributed by atoms with van der Waals surface area (Å²) >= 11 is 0. The van der Waals surface area contributed by atoms with Crippen LogP contribution in [0.25, 0.3) is 0 Å². The largest absolute Gasteiger partial charge is 0.293 e. The van der Waals surface area contributed by atoms with E-state index in [4.69, 9.17) is 0 Å². The molecule has 3 rings (SSSR count). The third-order valence-corrected chi connectivity index (χ3v) is 3.96. The molecular weight excluding hydrogens is 220 g/mol. The Bertz CT molecular complexity index is 625. The van der Waals surface area contributed by atoms with Crippen LogP contribution in [0, 0.1) is 13.8 Å². The Hall–Kier alpha value is -1.89. The number of carbonyl (C=O) groups is 1. The summed E-state index contributed by atoms with van der Waals surface area (Å²) in [4.78, 5) is 12.4. The summed E-state index contributed by atoms with van der Waals surface area (Å²) in [6, 6.07) is 14.3. The maximum atomic E-state index is 12.4. The van der Waals surface area contributed by atoms with E-state index in [0.29, 0.717) is 0 Å². The standard InChI is InChI=1S/C17H16O/c1-11-7-8-14(9-12(11)2)16-10-13-5-3-4-6-15(13)17(16)18/h3-9,16H,10H2,1-2H3. The Morgan fingerprint density at radius 2 is 1.78 bits per heavy atom. The summed E-state index contributed by atoms with van der Waals surface area (Å²) in [5, 5.41) is 0. The van der Waals surface area contributed by atoms with Crippen LogP contribution in [-0.2, 0) is 6.42 Å². The highest BCUT2D eigenvalue weighted by Crippen LogP contribution is 2.34. The molecule has 1 heteroatoms. The minimum absolute atomic E-state index is 0.0155. The van der Waals surface area contributed by atoms with Gasteiger partial charge in [0.1, 0.15) is 0 Å². The smallest absolute Gasteiger partial charge is 0.170 e. The van der Waals surface area contributed by atoms with E-state index in [-0.39, 0.29) is 11.7 Å². The fourth-order valence-electron chi connectivity index (χ4n) is 2.69. The maximum absolute atomic E-state index is 12.4. The molecule has 2 aromatic rings. The van der Waals surface area contributed by atoms with Crippen molar-refractivity contribution < 1.29 is 4.79 Å². The Balaban J connectivity index is 2.01. The number of hydrogen-bond donors (Lipinski definition) is 0. The summed E-state index contributed by atoms with van der Waals surface area (Å²) in [7, 11) is 0. The zero-order chi connectivity index (χ0) is 12.7. The second-order valence-corrected chi connectivity index (χ2v) is 5.12. The van der Waals surface area contributed by atoms with Gasteiger partial charge >= 0.3 is 0 Å². The lowest BCUT2D eigenvalue weighted by molar-refractivity contribution is 0.0973. The van der Waals surface area contributed by atoms with Gasteiger partial charge in [0, 0.05) is 5.56 Å². The van der Waals surface area contributed by atoms with E-state index in [1.807, 2.05) is 18.2 Å². The second-order valence-electron chi connectivity index (χ2n) is 5.12. The first-order chi connectivity index (χ1) is 8.66. The van der Waals surface area contributed by atoms with Crippen molar-refractivity contribution in [2.45, 2.75) is 26.2 Å². The van der Waals surface area contributed by atoms with Gasteiger partial charge in [-0.2, -0.15) is 0 Å². The van der Waals surface area contributed by atoms with Crippen molar-refractivity contribution in [2.75, 3.05) is 0 Å². The Morgan fingerprint density at radius 1 is 1.00 bits per heavy atom. The highest BCUT2D eigenvalue weighted by molar-refractivity contribution is 6.05. The topological polar surface area (TPSA) is 17.1 Å². The van der Waals surface area contributed by atoms with Crippen LogP contribution in [0.5, 0.6) is 0 Å². The normalized spacial score (nSPS) is 17.9. The molecule has 1 nitrogen and oxygen atoms in total. The van der Waals surface area contributed by atoms with Crippen molar-refractivity contribution in [1.29, 1.82) is 0 Å². The molecule has 2 aromatic carbocycles. The van der Waals surface area contributed by atoms with Gasteiger partial charge in [0.15, 0.2) is 5.78 Å². The molecule has 0 bridgehead atoms. The third kappa shape index (κ3) is 1.67. The lowest BCUT2D eigenvalue weighted by Crippen LogP contribution is -2.07. The highest BCUT2D eigenvalue weighted by atomic mass is 16.1. The number of ketones is 1. The number of aryl methyl sites for hydroxylation is 2. The van der Waals surface area contributed by atoms with Crippen molar-refractivity contribution in [3.63, 3.8) is 0 Å². The first-order valence-corrected chi connectivity index (χ1v) is 6.36. The van der Waals surface area contributed by atoms with Crippen LogP contribution in [-0.4, -0.2) is 5.78 Å². The van der Waals surface area contributed by atoms with Crippen molar-refractivity contribution in [2.24, 2.45) is 0 Å². The number of Topliss-reactive ketones (excluding diaryl/α,β-unsaturated/α-hetero) is 1. The Kier molecular flexibility index (Phi) is 2.55. The number of fused-ring (bicyclic) bond motifs is 1. The van der Waals surface area contributed by atoms with Gasteiger partial charge in [-0.3, -0.25) is 4.79 Å². The highest BCUT2D eigenvalue weighted by Gasteiger charge is 2.31. The molecule has 18 heavy (non-hydrogen) atoms. The molecule has 0 radical (unpaired) electrons. The molecule has 90 valence electrons. The molecule has 0 N–H and O–H groups in total. The molecule has 0 saturated carbocycles. The summed E-state index contributed by atoms with van der Waals surface area (Å²) < 4.78 is 0. The molecule has 0 aliphatic heterocycles. The van der Waals surface area contributed by atoms with Gasteiger partial charge in [-0.1, -0.05) is 42.5 Å². The van der Waals surface area contributed by atoms with Crippen LogP contribution < -0.4 is 0 Å². The maximum Gasteiger partial charge on any atom is 0.170 e. The summed E-state index contributed by atoms with van der Waals surface area (Å²) in [6.07, 6.45) is 0.845. The first-order valence-electron chi connectivity index (χ1n) is 6.36. The number of carbonyl (C=O) groups excluding carboxylic acids is 1. The van der Waals surface area contributed by atoms with Crippen LogP contribution in [0.2, 0.25) is 0 Å². The zero-order valence-corrected chi connectivity index (χ0v) is 10.7. The van der Waals surface area contributed by atoms with Gasteiger partial charge in [-0.05, 0) is 42.5 Å². The van der Waals surface area contributed by atoms with E-state index in [9.17, 15) is 4.79 Å². The quantitative estimate of drug-likeness (QED) is 0.735. The predicted octanol–water partition coefficient (Wildman–Crippen LogP) is 3.83. The van der Waals surface area contributed by atoms with Crippen LogP contribution in [0.1, 0.15) is 38.5 Å². The molecule has 1 unspecified atom stereocenters. The molecule has 1 aliphatic carbocycles. The number of rotatable bonds is 1. The van der Waals surface area contributed by atoms with Gasteiger partial charge in [0.2, 0.25) is 0 Å². The number of benzene rings is 2. The van der Waals surface area contributed by atoms with Gasteiger partial charge in [0.25, 0.3) is 0 Å². The lowest BCUT2D eigenvalue weighted by Gasteiger charge is -2.10. The van der Waals surface area contributed by atoms with E-state index in [0.717, 1.165) is 17.5 Å². The fourth-order valence-corrected chi connectivity index (χ4v) is 2.69. The van der Waals surface area contributed by atoms with E-state index >= 15 is 0 Å². The molecular formula is C17H16O. The Labute approximate surface area is 107 Å². The van der Waals surface area contributed by atoms with Gasteiger partial charge in [0.05, 0.1) is 5.92 Å². The molecule has 0 aromatic heterocycles. The van der Waals surface area contributed by atoms with Gasteiger partial charge < -0.3 is 0 Å². The lowest BCUT2D eigenvalue weighted by atomic mass is 9.92. The second kappa shape index (κ2) is 4.09. The van der Waals surface area contributed by atoms with Crippen molar-refractivity contribution >= 4 is 5.78 Å². The van der Waals surface area contributed by atoms with Crippen molar-refractivity contribution in [3.05, 3.63) is 70.3 Å². The molecule has 0 saturated heterocycles. The van der Waals surface area contributed by atoms with Crippen LogP contribution in [0.4, 0.5) is 0 Å². The van der Waals surface area contributed by atoms with E-state index < -0.39 is 0 Å². The minimum atomic E-state index is 0.0155. The average molecular weight is 236 g/mol. The summed E-state index contributed by atoms with van der Waals surface area (Å²) in [5.41, 5.74) is 5.78. The Morgan fingerprint density at radius 3 is 2.50 bits per heavy atom. The molecule has 0 amide bonds. The number of hydrogen-bond acceptors (Lipinski definition) is 1. The van der Waals surface area contributed by atoms with Crippen LogP contribution in [0.3, 0.4) is 0 Å². The first kappa shape index (κ1) is 11.2. The minimum Gasteiger partial charge on any atom is -0.293 e. The average Bonchev–Trinajstić information content (AvgIpc) is 2.71. The van der Waals surface area contributed by atoms with Crippen molar-refractivity contribution in [1.82, 2.24) is 0 Å². The van der Waals surface area contributed by atoms with Crippen LogP contribution in [0.15, 0.2) is 42.5 Å². The summed E-state index contributed by atoms with van der Waals surface area (Å²) in [5.74, 6) is 0.288. The fraction of sp³-hybridized carbons (Fsp3) is 0.235. The van der Waals surface area contributed by atoms with Gasteiger partial charge in [-0.15, -0.1) is 0 Å². The monoisotopic (exact) mass is 236 g/mol. The zero-order valence-electron chi connectivity index (χ0n) is 10.7. The van der Waals surface area contributed by atoms with Gasteiger partial charge in [-0.25, -0.2) is 0 Å². The van der Waals surface area contributed by atoms with E-state index in [1.165, 1.54) is 16.7 Å². The van der Waals surface area contributed by atoms with Crippen LogP contribution >= 0.6 is 0 Å². The molecule has 1 aliphatic rings.